The van der Waals surface area contributed by atoms with Gasteiger partial charge in [-0.1, -0.05) is 6.92 Å². The second kappa shape index (κ2) is 6.09. The molecule has 2 rings (SSSR count). The van der Waals surface area contributed by atoms with E-state index in [9.17, 15) is 9.59 Å². The Morgan fingerprint density at radius 1 is 1.55 bits per heavy atom. The van der Waals surface area contributed by atoms with Crippen LogP contribution in [0.25, 0.3) is 0 Å². The van der Waals surface area contributed by atoms with Gasteiger partial charge in [0.05, 0.1) is 17.9 Å². The molecule has 1 saturated heterocycles. The van der Waals surface area contributed by atoms with Crippen LogP contribution < -0.4 is 5.73 Å². The molecule has 0 saturated carbocycles. The molecule has 2 N–H and O–H groups in total. The number of nitrogens with zero attached hydrogens (tertiary/aromatic N) is 1. The van der Waals surface area contributed by atoms with Gasteiger partial charge < -0.3 is 19.8 Å². The summed E-state index contributed by atoms with van der Waals surface area (Å²) in [7, 11) is 1.57. The summed E-state index contributed by atoms with van der Waals surface area (Å²) < 4.78 is 10.6. The third-order valence-corrected chi connectivity index (χ3v) is 3.64. The van der Waals surface area contributed by atoms with Gasteiger partial charge in [-0.05, 0) is 12.5 Å². The maximum absolute atomic E-state index is 12.6. The van der Waals surface area contributed by atoms with Crippen LogP contribution in [0.1, 0.15) is 35.9 Å². The molecule has 1 aliphatic rings. The van der Waals surface area contributed by atoms with Crippen molar-refractivity contribution in [2.45, 2.75) is 38.3 Å². The number of aryl methyl sites for hydroxylation is 1. The van der Waals surface area contributed by atoms with Crippen LogP contribution in [0.2, 0.25) is 0 Å². The van der Waals surface area contributed by atoms with Gasteiger partial charge in [0.1, 0.15) is 11.8 Å². The first-order valence-corrected chi connectivity index (χ1v) is 6.77. The van der Waals surface area contributed by atoms with Crippen molar-refractivity contribution in [2.24, 2.45) is 5.73 Å². The number of likely N-dealkylation sites (tertiary alicyclic amines) is 1. The number of furan rings is 1. The highest BCUT2D eigenvalue weighted by atomic mass is 16.5. The summed E-state index contributed by atoms with van der Waals surface area (Å²) in [6, 6.07) is 1.03. The Morgan fingerprint density at radius 2 is 2.30 bits per heavy atom. The molecule has 0 bridgehead atoms. The van der Waals surface area contributed by atoms with Crippen LogP contribution in [0.15, 0.2) is 16.7 Å². The number of amides is 2. The number of rotatable bonds is 5. The molecular formula is C14H20N2O4. The fourth-order valence-corrected chi connectivity index (χ4v) is 2.57. The number of primary amides is 1. The summed E-state index contributed by atoms with van der Waals surface area (Å²) in [5, 5.41) is 0. The fraction of sp³-hybridized carbons (Fsp3) is 0.571. The van der Waals surface area contributed by atoms with Crippen LogP contribution in [-0.4, -0.2) is 42.5 Å². The summed E-state index contributed by atoms with van der Waals surface area (Å²) in [6.07, 6.45) is 3.36. The molecule has 2 atom stereocenters. The number of carbonyl (C=O) groups is 2. The molecule has 0 aliphatic carbocycles. The highest BCUT2D eigenvalue weighted by Crippen LogP contribution is 2.24. The lowest BCUT2D eigenvalue weighted by atomic mass is 10.1. The molecule has 1 aliphatic heterocycles. The topological polar surface area (TPSA) is 85.8 Å². The lowest BCUT2D eigenvalue weighted by molar-refractivity contribution is -0.121. The minimum Gasteiger partial charge on any atom is -0.469 e. The van der Waals surface area contributed by atoms with Gasteiger partial charge in [0, 0.05) is 26.5 Å². The molecule has 20 heavy (non-hydrogen) atoms. The van der Waals surface area contributed by atoms with Gasteiger partial charge in [0.15, 0.2) is 0 Å². The van der Waals surface area contributed by atoms with Gasteiger partial charge >= 0.3 is 0 Å². The Kier molecular flexibility index (Phi) is 4.44. The summed E-state index contributed by atoms with van der Waals surface area (Å²) in [4.78, 5) is 25.6. The average Bonchev–Trinajstić information content (AvgIpc) is 3.04. The number of hydrogen-bond acceptors (Lipinski definition) is 4. The van der Waals surface area contributed by atoms with Crippen molar-refractivity contribution in [1.29, 1.82) is 0 Å². The minimum atomic E-state index is -0.614. The van der Waals surface area contributed by atoms with E-state index in [0.29, 0.717) is 30.7 Å². The predicted octanol–water partition coefficient (Wildman–Crippen LogP) is 0.947. The van der Waals surface area contributed by atoms with Gasteiger partial charge in [-0.3, -0.25) is 9.59 Å². The Morgan fingerprint density at radius 3 is 2.90 bits per heavy atom. The van der Waals surface area contributed by atoms with Crippen molar-refractivity contribution >= 4 is 11.8 Å². The van der Waals surface area contributed by atoms with Crippen LogP contribution in [0, 0.1) is 0 Å². The smallest absolute Gasteiger partial charge is 0.258 e. The van der Waals surface area contributed by atoms with Gasteiger partial charge in [-0.25, -0.2) is 0 Å². The average molecular weight is 280 g/mol. The van der Waals surface area contributed by atoms with Crippen LogP contribution >= 0.6 is 0 Å². The standard InChI is InChI=1S/C14H20N2O4/c1-3-4-12-10(5-6-20-12)14(18)16-8-9(19-2)7-11(16)13(15)17/h5-6,9,11H,3-4,7-8H2,1-2H3,(H2,15,17)/t9-,11-/m0/s1. The first kappa shape index (κ1) is 14.6. The normalized spacial score (nSPS) is 22.2. The van der Waals surface area contributed by atoms with Crippen molar-refractivity contribution < 1.29 is 18.7 Å². The summed E-state index contributed by atoms with van der Waals surface area (Å²) in [6.45, 7) is 2.39. The Balaban J connectivity index is 2.22. The number of methoxy groups -OCH3 is 1. The zero-order chi connectivity index (χ0) is 14.7. The van der Waals surface area contributed by atoms with E-state index in [1.807, 2.05) is 6.92 Å². The molecule has 0 aromatic carbocycles. The van der Waals surface area contributed by atoms with Crippen molar-refractivity contribution in [2.75, 3.05) is 13.7 Å². The van der Waals surface area contributed by atoms with E-state index in [2.05, 4.69) is 0 Å². The Labute approximate surface area is 117 Å². The van der Waals surface area contributed by atoms with E-state index in [1.165, 1.54) is 11.2 Å². The third kappa shape index (κ3) is 2.70. The molecule has 0 radical (unpaired) electrons. The van der Waals surface area contributed by atoms with E-state index in [0.717, 1.165) is 6.42 Å². The molecule has 0 spiro atoms. The van der Waals surface area contributed by atoms with E-state index in [-0.39, 0.29) is 12.0 Å². The molecule has 6 nitrogen and oxygen atoms in total. The highest BCUT2D eigenvalue weighted by molar-refractivity contribution is 5.98. The maximum atomic E-state index is 12.6. The third-order valence-electron chi connectivity index (χ3n) is 3.64. The molecule has 0 unspecified atom stereocenters. The molecular weight excluding hydrogens is 260 g/mol. The zero-order valence-electron chi connectivity index (χ0n) is 11.8. The van der Waals surface area contributed by atoms with Crippen molar-refractivity contribution in [3.63, 3.8) is 0 Å². The molecule has 2 amide bonds. The summed E-state index contributed by atoms with van der Waals surface area (Å²) in [5.74, 6) is -0.0643. The van der Waals surface area contributed by atoms with Gasteiger partial charge in [-0.2, -0.15) is 0 Å². The number of hydrogen-bond donors (Lipinski definition) is 1. The van der Waals surface area contributed by atoms with E-state index in [1.54, 1.807) is 13.2 Å². The number of nitrogens with two attached hydrogens (primary N) is 1. The van der Waals surface area contributed by atoms with E-state index >= 15 is 0 Å². The zero-order valence-corrected chi connectivity index (χ0v) is 11.8. The Bertz CT molecular complexity index is 497. The first-order valence-electron chi connectivity index (χ1n) is 6.77. The van der Waals surface area contributed by atoms with Crippen LogP contribution in [0.4, 0.5) is 0 Å². The van der Waals surface area contributed by atoms with Crippen LogP contribution in [0.3, 0.4) is 0 Å². The molecule has 110 valence electrons. The molecule has 1 aromatic rings. The lowest BCUT2D eigenvalue weighted by Gasteiger charge is -2.21. The van der Waals surface area contributed by atoms with E-state index in [4.69, 9.17) is 14.9 Å². The first-order chi connectivity index (χ1) is 9.58. The SMILES string of the molecule is CCCc1occc1C(=O)N1C[C@@H](OC)C[C@H]1C(N)=O. The van der Waals surface area contributed by atoms with E-state index < -0.39 is 11.9 Å². The second-order valence-corrected chi connectivity index (χ2v) is 4.98. The molecule has 1 aromatic heterocycles. The quantitative estimate of drug-likeness (QED) is 0.870. The van der Waals surface area contributed by atoms with Gasteiger partial charge in [-0.15, -0.1) is 0 Å². The second-order valence-electron chi connectivity index (χ2n) is 4.98. The van der Waals surface area contributed by atoms with Crippen molar-refractivity contribution in [3.8, 4) is 0 Å². The fourth-order valence-electron chi connectivity index (χ4n) is 2.57. The van der Waals surface area contributed by atoms with Gasteiger partial charge in [0.2, 0.25) is 5.91 Å². The van der Waals surface area contributed by atoms with Crippen molar-refractivity contribution in [1.82, 2.24) is 4.90 Å². The van der Waals surface area contributed by atoms with Gasteiger partial charge in [0.25, 0.3) is 5.91 Å². The number of ether oxygens (including phenoxy) is 1. The summed E-state index contributed by atoms with van der Waals surface area (Å²) in [5.41, 5.74) is 5.89. The Hall–Kier alpha value is -1.82. The molecule has 6 heteroatoms. The maximum Gasteiger partial charge on any atom is 0.258 e. The molecule has 1 fully saturated rings. The monoisotopic (exact) mass is 280 g/mol. The highest BCUT2D eigenvalue weighted by Gasteiger charge is 2.39. The number of carbonyl (C=O) groups excluding carboxylic acids is 2. The minimum absolute atomic E-state index is 0.155. The molecule has 2 heterocycles. The predicted molar refractivity (Wildman–Crippen MR) is 72.1 cm³/mol. The largest absolute Gasteiger partial charge is 0.469 e. The van der Waals surface area contributed by atoms with Crippen molar-refractivity contribution in [3.05, 3.63) is 23.7 Å². The van der Waals surface area contributed by atoms with Crippen LogP contribution in [0.5, 0.6) is 0 Å². The summed E-state index contributed by atoms with van der Waals surface area (Å²) >= 11 is 0. The lowest BCUT2D eigenvalue weighted by Crippen LogP contribution is -2.43. The van der Waals surface area contributed by atoms with Crippen LogP contribution in [-0.2, 0) is 16.0 Å².